The van der Waals surface area contributed by atoms with Gasteiger partial charge in [0, 0.05) is 18.7 Å². The summed E-state index contributed by atoms with van der Waals surface area (Å²) in [5.41, 5.74) is 2.08. The number of nitrogens with one attached hydrogen (secondary N) is 1. The zero-order valence-electron chi connectivity index (χ0n) is 15.1. The number of benzene rings is 2. The summed E-state index contributed by atoms with van der Waals surface area (Å²) in [5.74, 6) is -1.01. The number of amides is 1. The molecule has 0 saturated carbocycles. The fraction of sp³-hybridized carbons (Fsp3) is 0.200. The first-order chi connectivity index (χ1) is 12.9. The maximum absolute atomic E-state index is 13.3. The van der Waals surface area contributed by atoms with E-state index in [0.717, 1.165) is 0 Å². The molecule has 140 valence electrons. The Balaban J connectivity index is 1.97. The van der Waals surface area contributed by atoms with Gasteiger partial charge in [-0.3, -0.25) is 4.79 Å². The van der Waals surface area contributed by atoms with E-state index < -0.39 is 0 Å². The van der Waals surface area contributed by atoms with E-state index in [0.29, 0.717) is 35.7 Å². The van der Waals surface area contributed by atoms with Gasteiger partial charge in [-0.05, 0) is 68.7 Å². The van der Waals surface area contributed by atoms with E-state index >= 15 is 0 Å². The van der Waals surface area contributed by atoms with Crippen molar-refractivity contribution in [3.05, 3.63) is 71.9 Å². The molecule has 1 heterocycles. The summed E-state index contributed by atoms with van der Waals surface area (Å²) in [6.07, 6.45) is 0. The van der Waals surface area contributed by atoms with Crippen molar-refractivity contribution in [2.75, 3.05) is 27.2 Å². The van der Waals surface area contributed by atoms with Crippen molar-refractivity contribution >= 4 is 5.91 Å². The predicted molar refractivity (Wildman–Crippen MR) is 99.8 cm³/mol. The minimum Gasteiger partial charge on any atom is -0.349 e. The molecule has 0 atom stereocenters. The second kappa shape index (κ2) is 8.09. The first-order valence-corrected chi connectivity index (χ1v) is 8.49. The summed E-state index contributed by atoms with van der Waals surface area (Å²) >= 11 is 0. The van der Waals surface area contributed by atoms with Crippen LogP contribution in [0.25, 0.3) is 16.9 Å². The second-order valence-corrected chi connectivity index (χ2v) is 6.37. The molecule has 27 heavy (non-hydrogen) atoms. The van der Waals surface area contributed by atoms with E-state index in [1.165, 1.54) is 28.9 Å². The molecule has 3 rings (SSSR count). The van der Waals surface area contributed by atoms with Crippen molar-refractivity contribution < 1.29 is 13.6 Å². The van der Waals surface area contributed by atoms with Gasteiger partial charge < -0.3 is 10.2 Å². The molecule has 0 spiro atoms. The number of hydrogen-bond acceptors (Lipinski definition) is 3. The van der Waals surface area contributed by atoms with Crippen LogP contribution in [0.4, 0.5) is 8.78 Å². The van der Waals surface area contributed by atoms with Crippen LogP contribution in [0.2, 0.25) is 0 Å². The van der Waals surface area contributed by atoms with Crippen LogP contribution in [0.5, 0.6) is 0 Å². The molecular weight excluding hydrogens is 350 g/mol. The lowest BCUT2D eigenvalue weighted by Gasteiger charge is -2.11. The Bertz CT molecular complexity index is 918. The van der Waals surface area contributed by atoms with Crippen molar-refractivity contribution in [1.82, 2.24) is 20.0 Å². The van der Waals surface area contributed by atoms with E-state index in [1.807, 2.05) is 19.0 Å². The average molecular weight is 370 g/mol. The number of likely N-dealkylation sites (N-methyl/N-ethyl adjacent to an activating group) is 1. The summed E-state index contributed by atoms with van der Waals surface area (Å²) < 4.78 is 27.9. The van der Waals surface area contributed by atoms with Gasteiger partial charge in [0.1, 0.15) is 17.3 Å². The minimum atomic E-state index is -0.373. The number of aromatic nitrogens is 2. The lowest BCUT2D eigenvalue weighted by atomic mass is 10.1. The highest BCUT2D eigenvalue weighted by Crippen LogP contribution is 2.22. The molecule has 0 unspecified atom stereocenters. The second-order valence-electron chi connectivity index (χ2n) is 6.37. The highest BCUT2D eigenvalue weighted by Gasteiger charge is 2.17. The molecule has 7 heteroatoms. The highest BCUT2D eigenvalue weighted by atomic mass is 19.1. The van der Waals surface area contributed by atoms with Crippen LogP contribution >= 0.6 is 0 Å². The zero-order chi connectivity index (χ0) is 19.4. The standard InChI is InChI=1S/C20H20F2N4O/c1-25(2)12-11-23-20(27)19-13-18(14-3-5-15(21)6-4-14)24-26(19)17-9-7-16(22)8-10-17/h3-10,13H,11-12H2,1-2H3,(H,23,27). The van der Waals surface area contributed by atoms with E-state index in [-0.39, 0.29) is 17.5 Å². The number of carbonyl (C=O) groups is 1. The number of nitrogens with zero attached hydrogens (tertiary/aromatic N) is 3. The number of halogens is 2. The van der Waals surface area contributed by atoms with Crippen LogP contribution in [0.1, 0.15) is 10.5 Å². The van der Waals surface area contributed by atoms with Crippen molar-refractivity contribution in [2.24, 2.45) is 0 Å². The average Bonchev–Trinajstić information content (AvgIpc) is 3.08. The van der Waals surface area contributed by atoms with Gasteiger partial charge >= 0.3 is 0 Å². The van der Waals surface area contributed by atoms with Crippen LogP contribution in [-0.2, 0) is 0 Å². The molecule has 0 saturated heterocycles. The highest BCUT2D eigenvalue weighted by molar-refractivity contribution is 5.94. The number of rotatable bonds is 6. The maximum atomic E-state index is 13.3. The molecule has 0 aliphatic heterocycles. The molecule has 5 nitrogen and oxygen atoms in total. The molecule has 0 bridgehead atoms. The third-order valence-electron chi connectivity index (χ3n) is 4.00. The molecule has 0 aliphatic carbocycles. The molecule has 0 radical (unpaired) electrons. The Hall–Kier alpha value is -3.06. The predicted octanol–water partition coefficient (Wildman–Crippen LogP) is 3.11. The SMILES string of the molecule is CN(C)CCNC(=O)c1cc(-c2ccc(F)cc2)nn1-c1ccc(F)cc1. The lowest BCUT2D eigenvalue weighted by Crippen LogP contribution is -2.32. The maximum Gasteiger partial charge on any atom is 0.270 e. The number of hydrogen-bond donors (Lipinski definition) is 1. The Labute approximate surface area is 156 Å². The molecule has 2 aromatic carbocycles. The Kier molecular flexibility index (Phi) is 5.61. The van der Waals surface area contributed by atoms with Crippen molar-refractivity contribution in [3.63, 3.8) is 0 Å². The van der Waals surface area contributed by atoms with E-state index in [1.54, 1.807) is 30.3 Å². The summed E-state index contributed by atoms with van der Waals surface area (Å²) in [5, 5.41) is 7.33. The van der Waals surface area contributed by atoms with Gasteiger partial charge in [-0.1, -0.05) is 0 Å². The fourth-order valence-electron chi connectivity index (χ4n) is 2.57. The Morgan fingerprint density at radius 3 is 2.22 bits per heavy atom. The molecule has 0 fully saturated rings. The molecular formula is C20H20F2N4O. The van der Waals surface area contributed by atoms with Crippen molar-refractivity contribution in [3.8, 4) is 16.9 Å². The van der Waals surface area contributed by atoms with Crippen LogP contribution < -0.4 is 5.32 Å². The minimum absolute atomic E-state index is 0.290. The van der Waals surface area contributed by atoms with Crippen LogP contribution in [0.3, 0.4) is 0 Å². The third-order valence-corrected chi connectivity index (χ3v) is 4.00. The molecule has 0 aliphatic rings. The van der Waals surface area contributed by atoms with E-state index in [2.05, 4.69) is 10.4 Å². The largest absolute Gasteiger partial charge is 0.349 e. The van der Waals surface area contributed by atoms with Gasteiger partial charge in [-0.15, -0.1) is 0 Å². The van der Waals surface area contributed by atoms with Crippen molar-refractivity contribution in [2.45, 2.75) is 0 Å². The summed E-state index contributed by atoms with van der Waals surface area (Å²) in [4.78, 5) is 14.6. The van der Waals surface area contributed by atoms with Crippen LogP contribution in [-0.4, -0.2) is 47.8 Å². The first kappa shape index (κ1) is 18.7. The summed E-state index contributed by atoms with van der Waals surface area (Å²) in [6, 6.07) is 13.2. The summed E-state index contributed by atoms with van der Waals surface area (Å²) in [7, 11) is 3.84. The zero-order valence-corrected chi connectivity index (χ0v) is 15.1. The van der Waals surface area contributed by atoms with Gasteiger partial charge in [0.05, 0.1) is 11.4 Å². The lowest BCUT2D eigenvalue weighted by molar-refractivity contribution is 0.0943. The van der Waals surface area contributed by atoms with Gasteiger partial charge in [0.25, 0.3) is 5.91 Å². The topological polar surface area (TPSA) is 50.2 Å². The Morgan fingerprint density at radius 1 is 1.04 bits per heavy atom. The first-order valence-electron chi connectivity index (χ1n) is 8.49. The number of carbonyl (C=O) groups excluding carboxylic acids is 1. The van der Waals surface area contributed by atoms with Gasteiger partial charge in [0.2, 0.25) is 0 Å². The monoisotopic (exact) mass is 370 g/mol. The normalized spacial score (nSPS) is 11.0. The van der Waals surface area contributed by atoms with Gasteiger partial charge in [-0.25, -0.2) is 13.5 Å². The molecule has 1 N–H and O–H groups in total. The van der Waals surface area contributed by atoms with Gasteiger partial charge in [-0.2, -0.15) is 5.10 Å². The van der Waals surface area contributed by atoms with E-state index in [9.17, 15) is 13.6 Å². The Morgan fingerprint density at radius 2 is 1.63 bits per heavy atom. The molecule has 1 amide bonds. The van der Waals surface area contributed by atoms with Crippen LogP contribution in [0, 0.1) is 11.6 Å². The smallest absolute Gasteiger partial charge is 0.270 e. The third kappa shape index (κ3) is 4.57. The van der Waals surface area contributed by atoms with Gasteiger partial charge in [0.15, 0.2) is 0 Å². The fourth-order valence-corrected chi connectivity index (χ4v) is 2.57. The van der Waals surface area contributed by atoms with Crippen molar-refractivity contribution in [1.29, 1.82) is 0 Å². The quantitative estimate of drug-likeness (QED) is 0.725. The van der Waals surface area contributed by atoms with Crippen LogP contribution in [0.15, 0.2) is 54.6 Å². The summed E-state index contributed by atoms with van der Waals surface area (Å²) in [6.45, 7) is 1.17. The molecule has 1 aromatic heterocycles. The molecule has 3 aromatic rings. The van der Waals surface area contributed by atoms with E-state index in [4.69, 9.17) is 0 Å².